The lowest BCUT2D eigenvalue weighted by Crippen LogP contribution is -2.21. The minimum atomic E-state index is -0.0566. The summed E-state index contributed by atoms with van der Waals surface area (Å²) in [7, 11) is 3.47. The van der Waals surface area contributed by atoms with E-state index in [0.717, 1.165) is 33.3 Å². The number of carbonyl (C=O) groups is 1. The largest absolute Gasteiger partial charge is 0.353 e. The molecule has 142 valence electrons. The number of hydrogen-bond acceptors (Lipinski definition) is 6. The van der Waals surface area contributed by atoms with E-state index in [0.29, 0.717) is 11.1 Å². The summed E-state index contributed by atoms with van der Waals surface area (Å²) >= 11 is 0. The fraction of sp³-hybridized carbons (Fsp3) is 0.0952. The molecule has 0 saturated heterocycles. The molecule has 5 aromatic rings. The molecule has 0 aliphatic rings. The van der Waals surface area contributed by atoms with Crippen molar-refractivity contribution >= 4 is 44.7 Å². The average molecular weight is 383 g/mol. The van der Waals surface area contributed by atoms with Gasteiger partial charge in [0.05, 0.1) is 17.4 Å². The smallest absolute Gasteiger partial charge is 0.253 e. The molecule has 0 fully saturated rings. The number of hydrogen-bond donors (Lipinski definition) is 1. The van der Waals surface area contributed by atoms with Crippen molar-refractivity contribution in [2.24, 2.45) is 0 Å². The molecule has 0 bridgehead atoms. The Labute approximate surface area is 165 Å². The van der Waals surface area contributed by atoms with E-state index < -0.39 is 0 Å². The van der Waals surface area contributed by atoms with E-state index in [2.05, 4.69) is 15.3 Å². The molecule has 8 heteroatoms. The van der Waals surface area contributed by atoms with Crippen molar-refractivity contribution < 1.29 is 4.79 Å². The van der Waals surface area contributed by atoms with Crippen molar-refractivity contribution in [1.29, 1.82) is 0 Å². The Morgan fingerprint density at radius 1 is 1.07 bits per heavy atom. The van der Waals surface area contributed by atoms with Crippen LogP contribution in [-0.2, 0) is 0 Å². The summed E-state index contributed by atoms with van der Waals surface area (Å²) in [6.45, 7) is 0. The highest BCUT2D eigenvalue weighted by molar-refractivity contribution is 6.10. The third-order valence-corrected chi connectivity index (χ3v) is 4.73. The maximum Gasteiger partial charge on any atom is 0.253 e. The van der Waals surface area contributed by atoms with E-state index in [1.165, 1.54) is 0 Å². The van der Waals surface area contributed by atoms with Crippen molar-refractivity contribution in [1.82, 2.24) is 29.5 Å². The Balaban J connectivity index is 1.73. The molecular weight excluding hydrogens is 366 g/mol. The van der Waals surface area contributed by atoms with Crippen molar-refractivity contribution in [3.63, 3.8) is 0 Å². The fourth-order valence-corrected chi connectivity index (χ4v) is 3.35. The molecule has 0 aliphatic heterocycles. The molecule has 0 saturated carbocycles. The second-order valence-electron chi connectivity index (χ2n) is 6.89. The van der Waals surface area contributed by atoms with Crippen molar-refractivity contribution in [3.05, 3.63) is 66.9 Å². The Hall–Kier alpha value is -4.07. The minimum Gasteiger partial charge on any atom is -0.353 e. The number of carbonyl (C=O) groups excluding carboxylic acids is 1. The van der Waals surface area contributed by atoms with Gasteiger partial charge in [-0.1, -0.05) is 6.07 Å². The molecule has 0 atom stereocenters. The van der Waals surface area contributed by atoms with Crippen LogP contribution in [0.1, 0.15) is 10.4 Å². The predicted molar refractivity (Wildman–Crippen MR) is 111 cm³/mol. The minimum absolute atomic E-state index is 0.0566. The van der Waals surface area contributed by atoms with Gasteiger partial charge in [-0.2, -0.15) is 5.10 Å². The molecule has 29 heavy (non-hydrogen) atoms. The van der Waals surface area contributed by atoms with E-state index in [1.807, 2.05) is 24.3 Å². The van der Waals surface area contributed by atoms with Crippen LogP contribution < -0.4 is 5.32 Å². The third-order valence-electron chi connectivity index (χ3n) is 4.73. The lowest BCUT2D eigenvalue weighted by Gasteiger charge is -2.13. The van der Waals surface area contributed by atoms with Gasteiger partial charge in [-0.3, -0.25) is 14.8 Å². The maximum absolute atomic E-state index is 12.3. The number of aromatic nitrogens is 5. The zero-order valence-corrected chi connectivity index (χ0v) is 15.9. The second-order valence-corrected chi connectivity index (χ2v) is 6.89. The number of nitrogens with one attached hydrogen (secondary N) is 1. The third kappa shape index (κ3) is 2.82. The number of benzene rings is 1. The van der Waals surface area contributed by atoms with E-state index >= 15 is 0 Å². The van der Waals surface area contributed by atoms with Crippen molar-refractivity contribution in [2.45, 2.75) is 0 Å². The van der Waals surface area contributed by atoms with Crippen LogP contribution >= 0.6 is 0 Å². The Kier molecular flexibility index (Phi) is 3.83. The number of rotatable bonds is 3. The van der Waals surface area contributed by atoms with Gasteiger partial charge < -0.3 is 10.2 Å². The molecule has 5 rings (SSSR count). The first-order valence-corrected chi connectivity index (χ1v) is 9.06. The zero-order chi connectivity index (χ0) is 20.0. The topological polar surface area (TPSA) is 88.3 Å². The standard InChI is InChI=1S/C21H17N7O/c1-27(2)21(29)13-4-3-5-14(10-13)24-18-15-11-22-7-6-16(15)25-19-17-12-23-8-9-28(17)26-20(18)19/h3-12,24H,1-2H3. The molecule has 1 aromatic carbocycles. The second kappa shape index (κ2) is 6.52. The van der Waals surface area contributed by atoms with Gasteiger partial charge in [0, 0.05) is 55.5 Å². The Bertz CT molecular complexity index is 1390. The molecule has 0 spiro atoms. The molecule has 0 aliphatic carbocycles. The average Bonchev–Trinajstić information content (AvgIpc) is 3.12. The Morgan fingerprint density at radius 2 is 1.93 bits per heavy atom. The summed E-state index contributed by atoms with van der Waals surface area (Å²) in [6.07, 6.45) is 8.70. The number of amides is 1. The van der Waals surface area contributed by atoms with Crippen LogP contribution in [0.2, 0.25) is 0 Å². The first-order valence-electron chi connectivity index (χ1n) is 9.06. The van der Waals surface area contributed by atoms with Gasteiger partial charge in [0.15, 0.2) is 0 Å². The number of fused-ring (bicyclic) bond motifs is 4. The molecule has 8 nitrogen and oxygen atoms in total. The van der Waals surface area contributed by atoms with Crippen LogP contribution in [0.15, 0.2) is 61.3 Å². The molecule has 4 aromatic heterocycles. The first-order chi connectivity index (χ1) is 14.1. The monoisotopic (exact) mass is 383 g/mol. The molecule has 0 radical (unpaired) electrons. The normalized spacial score (nSPS) is 11.2. The Morgan fingerprint density at radius 3 is 2.79 bits per heavy atom. The van der Waals surface area contributed by atoms with Crippen LogP contribution in [0.3, 0.4) is 0 Å². The predicted octanol–water partition coefficient (Wildman–Crippen LogP) is 3.27. The van der Waals surface area contributed by atoms with Gasteiger partial charge in [0.2, 0.25) is 0 Å². The fourth-order valence-electron chi connectivity index (χ4n) is 3.35. The number of anilines is 2. The SMILES string of the molecule is CN(C)C(=O)c1cccc(Nc2c3cnccc3nc3c2nn2ccncc32)c1. The highest BCUT2D eigenvalue weighted by atomic mass is 16.2. The highest BCUT2D eigenvalue weighted by Crippen LogP contribution is 2.33. The van der Waals surface area contributed by atoms with E-state index in [9.17, 15) is 4.79 Å². The lowest BCUT2D eigenvalue weighted by molar-refractivity contribution is 0.0827. The molecule has 1 N–H and O–H groups in total. The van der Waals surface area contributed by atoms with Gasteiger partial charge in [0.1, 0.15) is 16.6 Å². The summed E-state index contributed by atoms with van der Waals surface area (Å²) in [4.78, 5) is 27.1. The van der Waals surface area contributed by atoms with Crippen molar-refractivity contribution in [3.8, 4) is 0 Å². The summed E-state index contributed by atoms with van der Waals surface area (Å²) in [6, 6.07) is 9.26. The summed E-state index contributed by atoms with van der Waals surface area (Å²) in [5.41, 5.74) is 5.26. The first kappa shape index (κ1) is 17.1. The summed E-state index contributed by atoms with van der Waals surface area (Å²) in [5.74, 6) is -0.0566. The van der Waals surface area contributed by atoms with E-state index in [4.69, 9.17) is 10.1 Å². The van der Waals surface area contributed by atoms with Crippen LogP contribution in [0.4, 0.5) is 11.4 Å². The van der Waals surface area contributed by atoms with Gasteiger partial charge in [-0.15, -0.1) is 0 Å². The van der Waals surface area contributed by atoms with Crippen molar-refractivity contribution in [2.75, 3.05) is 19.4 Å². The number of nitrogens with zero attached hydrogens (tertiary/aromatic N) is 6. The molecule has 0 unspecified atom stereocenters. The number of pyridine rings is 2. The summed E-state index contributed by atoms with van der Waals surface area (Å²) in [5, 5.41) is 8.98. The van der Waals surface area contributed by atoms with Crippen LogP contribution in [0.5, 0.6) is 0 Å². The van der Waals surface area contributed by atoms with Gasteiger partial charge >= 0.3 is 0 Å². The highest BCUT2D eigenvalue weighted by Gasteiger charge is 2.16. The van der Waals surface area contributed by atoms with Gasteiger partial charge in [-0.25, -0.2) is 9.50 Å². The summed E-state index contributed by atoms with van der Waals surface area (Å²) < 4.78 is 1.76. The van der Waals surface area contributed by atoms with Crippen LogP contribution in [0.25, 0.3) is 27.5 Å². The molecule has 1 amide bonds. The lowest BCUT2D eigenvalue weighted by atomic mass is 10.1. The van der Waals surface area contributed by atoms with Crippen LogP contribution in [0, 0.1) is 0 Å². The van der Waals surface area contributed by atoms with Gasteiger partial charge in [0.25, 0.3) is 5.91 Å². The van der Waals surface area contributed by atoms with E-state index in [-0.39, 0.29) is 5.91 Å². The molecule has 4 heterocycles. The molecular formula is C21H17N7O. The zero-order valence-electron chi connectivity index (χ0n) is 15.9. The van der Waals surface area contributed by atoms with E-state index in [1.54, 1.807) is 60.6 Å². The van der Waals surface area contributed by atoms with Crippen LogP contribution in [-0.4, -0.2) is 49.5 Å². The van der Waals surface area contributed by atoms with Gasteiger partial charge in [-0.05, 0) is 24.3 Å². The quantitative estimate of drug-likeness (QED) is 0.514. The maximum atomic E-state index is 12.3.